The second kappa shape index (κ2) is 6.64. The molecule has 0 saturated carbocycles. The first kappa shape index (κ1) is 15.6. The lowest BCUT2D eigenvalue weighted by Crippen LogP contribution is -2.56. The van der Waals surface area contributed by atoms with Crippen LogP contribution in [0.25, 0.3) is 0 Å². The standard InChI is InChI=1S/C10H16O8Si/c1-7(11)14-4-10-5-15-19(16-6-10,17-8(2)12)18-9(3)13/h10H,4-6H2,1-3H3. The molecule has 0 aliphatic carbocycles. The highest BCUT2D eigenvalue weighted by Crippen LogP contribution is 2.21. The monoisotopic (exact) mass is 292 g/mol. The average Bonchev–Trinajstić information content (AvgIpc) is 2.26. The minimum atomic E-state index is -3.75. The van der Waals surface area contributed by atoms with Crippen LogP contribution in [0.1, 0.15) is 20.8 Å². The minimum absolute atomic E-state index is 0.111. The lowest BCUT2D eigenvalue weighted by molar-refractivity contribution is -0.158. The Bertz CT molecular complexity index is 343. The first-order valence-corrected chi connectivity index (χ1v) is 7.27. The molecule has 1 aliphatic heterocycles. The minimum Gasteiger partial charge on any atom is -0.465 e. The third kappa shape index (κ3) is 5.37. The second-order valence-electron chi connectivity index (χ2n) is 3.98. The van der Waals surface area contributed by atoms with Gasteiger partial charge in [0.1, 0.15) is 0 Å². The van der Waals surface area contributed by atoms with Gasteiger partial charge in [0.2, 0.25) is 0 Å². The Kier molecular flexibility index (Phi) is 5.45. The summed E-state index contributed by atoms with van der Waals surface area (Å²) in [6.45, 7) is 3.97. The SMILES string of the molecule is CC(=O)OCC1CO[Si](OC(C)=O)(OC(C)=O)OC1. The number of hydrogen-bond donors (Lipinski definition) is 0. The van der Waals surface area contributed by atoms with Crippen molar-refractivity contribution in [1.82, 2.24) is 0 Å². The van der Waals surface area contributed by atoms with E-state index >= 15 is 0 Å². The Morgan fingerprint density at radius 3 is 1.84 bits per heavy atom. The highest BCUT2D eigenvalue weighted by atomic mass is 28.4. The van der Waals surface area contributed by atoms with E-state index in [9.17, 15) is 14.4 Å². The highest BCUT2D eigenvalue weighted by molar-refractivity contribution is 6.57. The predicted molar refractivity (Wildman–Crippen MR) is 61.3 cm³/mol. The van der Waals surface area contributed by atoms with Crippen molar-refractivity contribution in [1.29, 1.82) is 0 Å². The Balaban J connectivity index is 2.55. The molecule has 0 spiro atoms. The predicted octanol–water partition coefficient (Wildman–Crippen LogP) is -0.226. The molecule has 9 heteroatoms. The normalized spacial score (nSPS) is 18.5. The number of carbonyl (C=O) groups excluding carboxylic acids is 3. The van der Waals surface area contributed by atoms with Crippen molar-refractivity contribution in [3.05, 3.63) is 0 Å². The lowest BCUT2D eigenvalue weighted by Gasteiger charge is -2.32. The molecule has 0 amide bonds. The molecule has 0 N–H and O–H groups in total. The molecular weight excluding hydrogens is 276 g/mol. The fourth-order valence-corrected chi connectivity index (χ4v) is 3.30. The molecule has 0 radical (unpaired) electrons. The quantitative estimate of drug-likeness (QED) is 0.518. The van der Waals surface area contributed by atoms with Crippen molar-refractivity contribution in [2.75, 3.05) is 19.8 Å². The van der Waals surface area contributed by atoms with Gasteiger partial charge in [-0.15, -0.1) is 0 Å². The number of ether oxygens (including phenoxy) is 1. The van der Waals surface area contributed by atoms with Crippen LogP contribution in [-0.2, 0) is 36.8 Å². The Hall–Kier alpha value is -1.45. The van der Waals surface area contributed by atoms with Crippen molar-refractivity contribution >= 4 is 27.0 Å². The summed E-state index contributed by atoms with van der Waals surface area (Å²) in [4.78, 5) is 32.6. The Labute approximate surface area is 111 Å². The summed E-state index contributed by atoms with van der Waals surface area (Å²) in [6, 6.07) is 0. The van der Waals surface area contributed by atoms with Crippen molar-refractivity contribution in [2.45, 2.75) is 20.8 Å². The molecule has 1 aliphatic rings. The lowest BCUT2D eigenvalue weighted by atomic mass is 10.2. The van der Waals surface area contributed by atoms with Gasteiger partial charge >= 0.3 is 15.0 Å². The summed E-state index contributed by atoms with van der Waals surface area (Å²) < 4.78 is 25.1. The van der Waals surface area contributed by atoms with E-state index in [1.165, 1.54) is 6.92 Å². The van der Waals surface area contributed by atoms with E-state index in [0.29, 0.717) is 0 Å². The van der Waals surface area contributed by atoms with Crippen molar-refractivity contribution in [2.24, 2.45) is 5.92 Å². The van der Waals surface area contributed by atoms with E-state index in [1.54, 1.807) is 0 Å². The van der Waals surface area contributed by atoms with Gasteiger partial charge in [-0.05, 0) is 0 Å². The summed E-state index contributed by atoms with van der Waals surface area (Å²) in [5.41, 5.74) is 0. The van der Waals surface area contributed by atoms with E-state index in [4.69, 9.17) is 22.4 Å². The summed E-state index contributed by atoms with van der Waals surface area (Å²) in [6.07, 6.45) is 0. The van der Waals surface area contributed by atoms with Crippen LogP contribution in [0.4, 0.5) is 0 Å². The van der Waals surface area contributed by atoms with Gasteiger partial charge in [-0.25, -0.2) is 0 Å². The van der Waals surface area contributed by atoms with E-state index in [2.05, 4.69) is 0 Å². The zero-order valence-electron chi connectivity index (χ0n) is 11.0. The maximum absolute atomic E-state index is 11.0. The average molecular weight is 292 g/mol. The van der Waals surface area contributed by atoms with Gasteiger partial charge < -0.3 is 22.4 Å². The van der Waals surface area contributed by atoms with E-state index in [0.717, 1.165) is 13.8 Å². The first-order valence-electron chi connectivity index (χ1n) is 5.63. The maximum atomic E-state index is 11.0. The van der Waals surface area contributed by atoms with Gasteiger partial charge in [-0.3, -0.25) is 14.4 Å². The van der Waals surface area contributed by atoms with Gasteiger partial charge in [0, 0.05) is 26.7 Å². The third-order valence-electron chi connectivity index (χ3n) is 2.05. The molecule has 19 heavy (non-hydrogen) atoms. The first-order chi connectivity index (χ1) is 8.83. The molecule has 1 fully saturated rings. The Morgan fingerprint density at radius 2 is 1.47 bits per heavy atom. The van der Waals surface area contributed by atoms with Gasteiger partial charge in [-0.2, -0.15) is 0 Å². The maximum Gasteiger partial charge on any atom is 0.824 e. The van der Waals surface area contributed by atoms with Crippen LogP contribution in [0.3, 0.4) is 0 Å². The molecule has 0 bridgehead atoms. The molecule has 0 aromatic carbocycles. The van der Waals surface area contributed by atoms with Crippen molar-refractivity contribution in [3.63, 3.8) is 0 Å². The summed E-state index contributed by atoms with van der Waals surface area (Å²) in [5.74, 6) is -1.93. The molecule has 1 saturated heterocycles. The van der Waals surface area contributed by atoms with Gasteiger partial charge in [-0.1, -0.05) is 0 Å². The van der Waals surface area contributed by atoms with Crippen LogP contribution in [0.5, 0.6) is 0 Å². The molecule has 1 rings (SSSR count). The largest absolute Gasteiger partial charge is 0.824 e. The number of esters is 1. The topological polar surface area (TPSA) is 97.4 Å². The smallest absolute Gasteiger partial charge is 0.465 e. The van der Waals surface area contributed by atoms with Crippen LogP contribution in [0, 0.1) is 5.92 Å². The Morgan fingerprint density at radius 1 is 1.00 bits per heavy atom. The fourth-order valence-electron chi connectivity index (χ4n) is 1.35. The number of carbonyl (C=O) groups is 3. The van der Waals surface area contributed by atoms with E-state index in [-0.39, 0.29) is 25.7 Å². The molecular formula is C10H16O8Si. The second-order valence-corrected chi connectivity index (χ2v) is 5.96. The summed E-state index contributed by atoms with van der Waals surface area (Å²) in [7, 11) is -3.75. The van der Waals surface area contributed by atoms with Crippen LogP contribution in [-0.4, -0.2) is 46.8 Å². The zero-order chi connectivity index (χ0) is 14.5. The molecule has 0 aromatic rings. The summed E-state index contributed by atoms with van der Waals surface area (Å²) >= 11 is 0. The van der Waals surface area contributed by atoms with Gasteiger partial charge in [0.05, 0.1) is 19.8 Å². The van der Waals surface area contributed by atoms with E-state index in [1.807, 2.05) is 0 Å². The fraction of sp³-hybridized carbons (Fsp3) is 0.700. The molecule has 1 heterocycles. The molecule has 108 valence electrons. The summed E-state index contributed by atoms with van der Waals surface area (Å²) in [5, 5.41) is 0. The van der Waals surface area contributed by atoms with Gasteiger partial charge in [0.15, 0.2) is 0 Å². The van der Waals surface area contributed by atoms with E-state index < -0.39 is 27.0 Å². The van der Waals surface area contributed by atoms with Crippen LogP contribution < -0.4 is 0 Å². The zero-order valence-corrected chi connectivity index (χ0v) is 12.0. The number of hydrogen-bond acceptors (Lipinski definition) is 8. The molecule has 0 atom stereocenters. The van der Waals surface area contributed by atoms with Crippen LogP contribution >= 0.6 is 0 Å². The van der Waals surface area contributed by atoms with Gasteiger partial charge in [0.25, 0.3) is 11.9 Å². The molecule has 0 aromatic heterocycles. The van der Waals surface area contributed by atoms with Crippen molar-refractivity contribution < 1.29 is 36.8 Å². The number of rotatable bonds is 4. The molecule has 8 nitrogen and oxygen atoms in total. The van der Waals surface area contributed by atoms with Crippen molar-refractivity contribution in [3.8, 4) is 0 Å². The van der Waals surface area contributed by atoms with Crippen LogP contribution in [0.2, 0.25) is 0 Å². The van der Waals surface area contributed by atoms with Crippen LogP contribution in [0.15, 0.2) is 0 Å². The molecule has 0 unspecified atom stereocenters. The highest BCUT2D eigenvalue weighted by Gasteiger charge is 2.56. The third-order valence-corrected chi connectivity index (χ3v) is 4.17.